The van der Waals surface area contributed by atoms with Gasteiger partial charge in [-0.15, -0.1) is 0 Å². The normalized spacial score (nSPS) is 20.7. The molecule has 2 nitrogen and oxygen atoms in total. The lowest BCUT2D eigenvalue weighted by Gasteiger charge is -2.09. The van der Waals surface area contributed by atoms with E-state index in [0.717, 1.165) is 30.5 Å². The van der Waals surface area contributed by atoms with E-state index in [-0.39, 0.29) is 0 Å². The third-order valence-corrected chi connectivity index (χ3v) is 4.04. The summed E-state index contributed by atoms with van der Waals surface area (Å²) >= 11 is 0. The molecule has 1 N–H and O–H groups in total. The van der Waals surface area contributed by atoms with Gasteiger partial charge in [0.05, 0.1) is 0 Å². The summed E-state index contributed by atoms with van der Waals surface area (Å²) in [5.74, 6) is 2.52. The Morgan fingerprint density at radius 2 is 2.08 bits per heavy atom. The fourth-order valence-electron chi connectivity index (χ4n) is 1.85. The minimum atomic E-state index is -0.592. The van der Waals surface area contributed by atoms with Crippen molar-refractivity contribution in [1.82, 2.24) is 5.32 Å². The zero-order valence-electron chi connectivity index (χ0n) is 8.55. The predicted octanol–water partition coefficient (Wildman–Crippen LogP) is 1.53. The molecule has 1 fully saturated rings. The van der Waals surface area contributed by atoms with Crippen LogP contribution in [0.3, 0.4) is 0 Å². The highest BCUT2D eigenvalue weighted by Gasteiger charge is 2.13. The number of hydrogen-bond donors (Lipinski definition) is 1. The van der Waals surface area contributed by atoms with Crippen LogP contribution in [0.15, 0.2) is 0 Å². The van der Waals surface area contributed by atoms with Gasteiger partial charge in [0, 0.05) is 28.9 Å². The van der Waals surface area contributed by atoms with Crippen molar-refractivity contribution in [2.45, 2.75) is 32.6 Å². The molecule has 0 aliphatic heterocycles. The molecular formula is C10H21NOS. The lowest BCUT2D eigenvalue weighted by molar-refractivity contribution is 0.499. The molecule has 0 radical (unpaired) electrons. The standard InChI is InChI=1S/C10H21NOS/c1-2-13(12)8-7-11-9-10-5-3-4-6-10/h10-11H,2-9H2,1H3. The van der Waals surface area contributed by atoms with Crippen molar-refractivity contribution in [2.24, 2.45) is 5.92 Å². The van der Waals surface area contributed by atoms with Gasteiger partial charge in [0.1, 0.15) is 0 Å². The van der Waals surface area contributed by atoms with Crippen LogP contribution in [-0.4, -0.2) is 28.8 Å². The van der Waals surface area contributed by atoms with Gasteiger partial charge in [-0.25, -0.2) is 0 Å². The van der Waals surface area contributed by atoms with E-state index in [1.54, 1.807) is 0 Å². The molecule has 0 heterocycles. The highest BCUT2D eigenvalue weighted by atomic mass is 32.2. The molecule has 1 atom stereocenters. The van der Waals surface area contributed by atoms with Gasteiger partial charge in [-0.1, -0.05) is 19.8 Å². The van der Waals surface area contributed by atoms with Crippen molar-refractivity contribution in [3.63, 3.8) is 0 Å². The van der Waals surface area contributed by atoms with Crippen LogP contribution in [0.5, 0.6) is 0 Å². The highest BCUT2D eigenvalue weighted by Crippen LogP contribution is 2.23. The Balaban J connectivity index is 1.91. The predicted molar refractivity (Wildman–Crippen MR) is 58.4 cm³/mol. The first-order valence-corrected chi connectivity index (χ1v) is 6.87. The van der Waals surface area contributed by atoms with E-state index in [2.05, 4.69) is 5.32 Å². The van der Waals surface area contributed by atoms with Crippen LogP contribution >= 0.6 is 0 Å². The molecule has 1 aliphatic rings. The first-order chi connectivity index (χ1) is 6.33. The Morgan fingerprint density at radius 3 is 2.69 bits per heavy atom. The molecule has 0 spiro atoms. The summed E-state index contributed by atoms with van der Waals surface area (Å²) in [4.78, 5) is 0. The quantitative estimate of drug-likeness (QED) is 0.663. The van der Waals surface area contributed by atoms with E-state index in [1.165, 1.54) is 25.7 Å². The maximum absolute atomic E-state index is 11.1. The molecule has 0 aromatic carbocycles. The second-order valence-electron chi connectivity index (χ2n) is 3.79. The molecule has 1 saturated carbocycles. The monoisotopic (exact) mass is 203 g/mol. The molecule has 1 unspecified atom stereocenters. The zero-order valence-corrected chi connectivity index (χ0v) is 9.37. The summed E-state index contributed by atoms with van der Waals surface area (Å²) in [6.07, 6.45) is 5.61. The third kappa shape index (κ3) is 4.77. The van der Waals surface area contributed by atoms with E-state index in [1.807, 2.05) is 6.92 Å². The molecule has 3 heteroatoms. The Kier molecular flexibility index (Phi) is 5.63. The minimum absolute atomic E-state index is 0.592. The second kappa shape index (κ2) is 6.55. The van der Waals surface area contributed by atoms with Gasteiger partial charge in [-0.3, -0.25) is 4.21 Å². The Morgan fingerprint density at radius 1 is 1.38 bits per heavy atom. The number of hydrogen-bond acceptors (Lipinski definition) is 2. The topological polar surface area (TPSA) is 29.1 Å². The highest BCUT2D eigenvalue weighted by molar-refractivity contribution is 7.84. The van der Waals surface area contributed by atoms with Crippen LogP contribution in [0, 0.1) is 5.92 Å². The van der Waals surface area contributed by atoms with Crippen LogP contribution in [0.1, 0.15) is 32.6 Å². The van der Waals surface area contributed by atoms with Crippen molar-refractivity contribution >= 4 is 10.8 Å². The smallest absolute Gasteiger partial charge is 0.0359 e. The summed E-state index contributed by atoms with van der Waals surface area (Å²) in [5.41, 5.74) is 0. The fourth-order valence-corrected chi connectivity index (χ4v) is 2.51. The van der Waals surface area contributed by atoms with Crippen molar-refractivity contribution < 1.29 is 4.21 Å². The minimum Gasteiger partial charge on any atom is -0.316 e. The first-order valence-electron chi connectivity index (χ1n) is 5.38. The average molecular weight is 203 g/mol. The van der Waals surface area contributed by atoms with Gasteiger partial charge in [0.15, 0.2) is 0 Å². The fraction of sp³-hybridized carbons (Fsp3) is 1.00. The molecule has 0 aromatic heterocycles. The maximum Gasteiger partial charge on any atom is 0.0359 e. The van der Waals surface area contributed by atoms with Crippen LogP contribution < -0.4 is 5.32 Å². The molecule has 0 aromatic rings. The van der Waals surface area contributed by atoms with Crippen molar-refractivity contribution in [2.75, 3.05) is 24.6 Å². The van der Waals surface area contributed by atoms with E-state index >= 15 is 0 Å². The van der Waals surface area contributed by atoms with Crippen LogP contribution in [0.25, 0.3) is 0 Å². The summed E-state index contributed by atoms with van der Waals surface area (Å²) in [6.45, 7) is 4.05. The van der Waals surface area contributed by atoms with Gasteiger partial charge in [-0.2, -0.15) is 0 Å². The molecule has 0 amide bonds. The van der Waals surface area contributed by atoms with E-state index in [9.17, 15) is 4.21 Å². The summed E-state index contributed by atoms with van der Waals surface area (Å²) in [6, 6.07) is 0. The molecule has 0 saturated heterocycles. The summed E-state index contributed by atoms with van der Waals surface area (Å²) in [7, 11) is -0.592. The third-order valence-electron chi connectivity index (χ3n) is 2.74. The van der Waals surface area contributed by atoms with Crippen LogP contribution in [-0.2, 0) is 10.8 Å². The first kappa shape index (κ1) is 11.2. The van der Waals surface area contributed by atoms with E-state index in [4.69, 9.17) is 0 Å². The van der Waals surface area contributed by atoms with E-state index < -0.39 is 10.8 Å². The van der Waals surface area contributed by atoms with Gasteiger partial charge in [0.2, 0.25) is 0 Å². The number of rotatable bonds is 6. The zero-order chi connectivity index (χ0) is 9.52. The van der Waals surface area contributed by atoms with Crippen LogP contribution in [0.4, 0.5) is 0 Å². The van der Waals surface area contributed by atoms with Gasteiger partial charge < -0.3 is 5.32 Å². The van der Waals surface area contributed by atoms with Crippen molar-refractivity contribution in [3.8, 4) is 0 Å². The van der Waals surface area contributed by atoms with Gasteiger partial charge >= 0.3 is 0 Å². The molecule has 78 valence electrons. The lowest BCUT2D eigenvalue weighted by atomic mass is 10.1. The Hall–Kier alpha value is 0.110. The number of nitrogens with one attached hydrogen (secondary N) is 1. The molecule has 1 aliphatic carbocycles. The average Bonchev–Trinajstić information content (AvgIpc) is 2.64. The largest absolute Gasteiger partial charge is 0.316 e. The second-order valence-corrected chi connectivity index (χ2v) is 5.65. The molecule has 0 bridgehead atoms. The summed E-state index contributed by atoms with van der Waals surface area (Å²) in [5, 5.41) is 3.40. The van der Waals surface area contributed by atoms with Gasteiger partial charge in [-0.05, 0) is 25.3 Å². The van der Waals surface area contributed by atoms with Crippen LogP contribution in [0.2, 0.25) is 0 Å². The molecular weight excluding hydrogens is 182 g/mol. The Labute approximate surface area is 83.9 Å². The van der Waals surface area contributed by atoms with Crippen molar-refractivity contribution in [1.29, 1.82) is 0 Å². The maximum atomic E-state index is 11.1. The molecule has 1 rings (SSSR count). The summed E-state index contributed by atoms with van der Waals surface area (Å²) < 4.78 is 11.1. The SMILES string of the molecule is CCS(=O)CCNCC1CCCC1. The van der Waals surface area contributed by atoms with Gasteiger partial charge in [0.25, 0.3) is 0 Å². The lowest BCUT2D eigenvalue weighted by Crippen LogP contribution is -2.25. The van der Waals surface area contributed by atoms with E-state index in [0.29, 0.717) is 0 Å². The molecule has 13 heavy (non-hydrogen) atoms. The Bertz CT molecular complexity index is 155. The van der Waals surface area contributed by atoms with Crippen molar-refractivity contribution in [3.05, 3.63) is 0 Å².